The van der Waals surface area contributed by atoms with Gasteiger partial charge in [-0.1, -0.05) is 25.5 Å². The van der Waals surface area contributed by atoms with Gasteiger partial charge in [-0.25, -0.2) is 13.8 Å². The number of rotatable bonds is 3. The maximum Gasteiger partial charge on any atom is 0.332 e. The van der Waals surface area contributed by atoms with Gasteiger partial charge < -0.3 is 5.11 Å². The van der Waals surface area contributed by atoms with Gasteiger partial charge in [0.2, 0.25) is 11.7 Å². The summed E-state index contributed by atoms with van der Waals surface area (Å²) in [5.74, 6) is -0.298. The minimum atomic E-state index is -0.610. The van der Waals surface area contributed by atoms with E-state index in [1.807, 2.05) is 13.0 Å². The van der Waals surface area contributed by atoms with Crippen molar-refractivity contribution in [3.8, 4) is 11.6 Å². The molecule has 5 rings (SSSR count). The quantitative estimate of drug-likeness (QED) is 0.459. The Kier molecular flexibility index (Phi) is 4.26. The third-order valence-electron chi connectivity index (χ3n) is 5.78. The van der Waals surface area contributed by atoms with Crippen molar-refractivity contribution < 1.29 is 5.11 Å². The molecule has 0 saturated carbocycles. The zero-order valence-corrected chi connectivity index (χ0v) is 17.7. The molecule has 10 heteroatoms. The normalized spacial score (nSPS) is 11.7. The van der Waals surface area contributed by atoms with Gasteiger partial charge in [0.05, 0.1) is 11.3 Å². The lowest BCUT2D eigenvalue weighted by Crippen LogP contribution is -2.37. The fourth-order valence-electron chi connectivity index (χ4n) is 4.18. The first-order chi connectivity index (χ1) is 15.4. The van der Waals surface area contributed by atoms with Crippen molar-refractivity contribution in [2.24, 2.45) is 14.1 Å². The molecule has 0 aliphatic carbocycles. The third-order valence-corrected chi connectivity index (χ3v) is 5.78. The molecule has 4 heterocycles. The van der Waals surface area contributed by atoms with Gasteiger partial charge in [-0.2, -0.15) is 4.98 Å². The zero-order valence-electron chi connectivity index (χ0n) is 17.7. The van der Waals surface area contributed by atoms with Crippen LogP contribution in [0.15, 0.2) is 51.0 Å². The molecule has 4 aromatic heterocycles. The van der Waals surface area contributed by atoms with E-state index in [0.717, 1.165) is 15.3 Å². The molecule has 1 aromatic carbocycles. The second kappa shape index (κ2) is 6.91. The molecule has 0 radical (unpaired) electrons. The maximum atomic E-state index is 13.6. The van der Waals surface area contributed by atoms with Crippen molar-refractivity contribution in [1.29, 1.82) is 0 Å². The van der Waals surface area contributed by atoms with Crippen LogP contribution in [0.1, 0.15) is 18.9 Å². The summed E-state index contributed by atoms with van der Waals surface area (Å²) in [6.07, 6.45) is 4.23. The Morgan fingerprint density at radius 3 is 2.56 bits per heavy atom. The van der Waals surface area contributed by atoms with Crippen LogP contribution in [0.5, 0.6) is 5.88 Å². The van der Waals surface area contributed by atoms with Gasteiger partial charge in [-0.3, -0.25) is 23.7 Å². The minimum absolute atomic E-state index is 0.0232. The largest absolute Gasteiger partial charge is 0.494 e. The van der Waals surface area contributed by atoms with Crippen molar-refractivity contribution in [3.63, 3.8) is 0 Å². The first-order valence-corrected chi connectivity index (χ1v) is 10.1. The third kappa shape index (κ3) is 2.49. The van der Waals surface area contributed by atoms with E-state index in [-0.39, 0.29) is 28.4 Å². The molecule has 0 spiro atoms. The molecule has 162 valence electrons. The number of hydrogen-bond donors (Lipinski definition) is 1. The van der Waals surface area contributed by atoms with E-state index in [4.69, 9.17) is 0 Å². The maximum absolute atomic E-state index is 13.6. The molecule has 5 aromatic rings. The summed E-state index contributed by atoms with van der Waals surface area (Å²) in [5.41, 5.74) is -0.786. The van der Waals surface area contributed by atoms with E-state index in [9.17, 15) is 19.5 Å². The highest BCUT2D eigenvalue weighted by atomic mass is 16.3. The van der Waals surface area contributed by atoms with Gasteiger partial charge >= 0.3 is 5.69 Å². The lowest BCUT2D eigenvalue weighted by Gasteiger charge is -2.14. The predicted molar refractivity (Wildman–Crippen MR) is 120 cm³/mol. The van der Waals surface area contributed by atoms with Crippen LogP contribution >= 0.6 is 0 Å². The molecule has 32 heavy (non-hydrogen) atoms. The van der Waals surface area contributed by atoms with E-state index >= 15 is 0 Å². The first-order valence-electron chi connectivity index (χ1n) is 10.1. The molecule has 0 atom stereocenters. The second-order valence-electron chi connectivity index (χ2n) is 7.69. The van der Waals surface area contributed by atoms with Crippen LogP contribution in [-0.2, 0) is 20.5 Å². The van der Waals surface area contributed by atoms with Gasteiger partial charge in [0.1, 0.15) is 0 Å². The average Bonchev–Trinajstić information content (AvgIpc) is 3.20. The van der Waals surface area contributed by atoms with Crippen LogP contribution in [0.25, 0.3) is 33.4 Å². The number of aromatic hydroxyl groups is 1. The molecule has 10 nitrogen and oxygen atoms in total. The van der Waals surface area contributed by atoms with Crippen LogP contribution in [0, 0.1) is 0 Å². The van der Waals surface area contributed by atoms with E-state index in [0.29, 0.717) is 18.5 Å². The van der Waals surface area contributed by atoms with E-state index in [1.165, 1.54) is 27.6 Å². The highest BCUT2D eigenvalue weighted by molar-refractivity contribution is 5.90. The van der Waals surface area contributed by atoms with Gasteiger partial charge in [-0.05, 0) is 18.6 Å². The molecule has 0 unspecified atom stereocenters. The van der Waals surface area contributed by atoms with E-state index in [1.54, 1.807) is 30.6 Å². The molecular weight excluding hydrogens is 412 g/mol. The van der Waals surface area contributed by atoms with E-state index < -0.39 is 16.8 Å². The Morgan fingerprint density at radius 1 is 1.03 bits per heavy atom. The second-order valence-corrected chi connectivity index (χ2v) is 7.69. The summed E-state index contributed by atoms with van der Waals surface area (Å²) in [5, 5.41) is 12.6. The number of aromatic nitrogens is 6. The zero-order chi connectivity index (χ0) is 22.7. The summed E-state index contributed by atoms with van der Waals surface area (Å²) >= 11 is 0. The van der Waals surface area contributed by atoms with Crippen LogP contribution in [-0.4, -0.2) is 33.2 Å². The predicted octanol–water partition coefficient (Wildman–Crippen LogP) is 1.24. The van der Waals surface area contributed by atoms with Gasteiger partial charge in [-0.15, -0.1) is 0 Å². The van der Waals surface area contributed by atoms with Crippen molar-refractivity contribution in [1.82, 2.24) is 28.1 Å². The number of benzene rings is 1. The number of imidazole rings is 1. The summed E-state index contributed by atoms with van der Waals surface area (Å²) in [6.45, 7) is 1.89. The van der Waals surface area contributed by atoms with Crippen molar-refractivity contribution in [2.45, 2.75) is 19.8 Å². The SMILES string of the molecule is CCCc1c(O)n2c3c(=O)n(C)c(=O)n(C)c3nc2n(-c2cccc3cnccc23)c1=O. The van der Waals surface area contributed by atoms with Crippen LogP contribution in [0.4, 0.5) is 0 Å². The molecule has 0 bridgehead atoms. The highest BCUT2D eigenvalue weighted by Gasteiger charge is 2.25. The number of aryl methyl sites for hydroxylation is 1. The van der Waals surface area contributed by atoms with Crippen molar-refractivity contribution >= 4 is 27.7 Å². The Balaban J connectivity index is 2.10. The molecule has 0 aliphatic heterocycles. The summed E-state index contributed by atoms with van der Waals surface area (Å²) in [4.78, 5) is 47.7. The summed E-state index contributed by atoms with van der Waals surface area (Å²) in [6, 6.07) is 7.24. The molecule has 0 amide bonds. The monoisotopic (exact) mass is 432 g/mol. The van der Waals surface area contributed by atoms with Crippen LogP contribution in [0.2, 0.25) is 0 Å². The molecule has 0 aliphatic rings. The highest BCUT2D eigenvalue weighted by Crippen LogP contribution is 2.27. The summed E-state index contributed by atoms with van der Waals surface area (Å²) in [7, 11) is 2.85. The molecule has 0 saturated heterocycles. The molecule has 0 fully saturated rings. The number of nitrogens with zero attached hydrogens (tertiary/aromatic N) is 6. The standard InChI is InChI=1S/C22H20N6O4/c1-4-6-14-18(29)27(15-8-5-7-12-11-23-10-9-13(12)15)21-24-17-16(28(21)19(14)30)20(31)26(3)22(32)25(17)2/h5,7-11,30H,4,6H2,1-3H3. The average molecular weight is 432 g/mol. The topological polar surface area (TPSA) is 116 Å². The fourth-order valence-corrected chi connectivity index (χ4v) is 4.18. The number of hydrogen-bond acceptors (Lipinski definition) is 6. The summed E-state index contributed by atoms with van der Waals surface area (Å²) < 4.78 is 4.83. The Bertz CT molecular complexity index is 1730. The number of pyridine rings is 1. The van der Waals surface area contributed by atoms with Gasteiger partial charge in [0.15, 0.2) is 11.2 Å². The van der Waals surface area contributed by atoms with Gasteiger partial charge in [0, 0.05) is 37.3 Å². The fraction of sp³-hybridized carbons (Fsp3) is 0.227. The molecule has 1 N–H and O–H groups in total. The lowest BCUT2D eigenvalue weighted by molar-refractivity contribution is 0.435. The Morgan fingerprint density at radius 2 is 1.81 bits per heavy atom. The molecular formula is C22H20N6O4. The smallest absolute Gasteiger partial charge is 0.332 e. The Labute approximate surface area is 180 Å². The first kappa shape index (κ1) is 19.7. The Hall–Kier alpha value is -4.21. The number of fused-ring (bicyclic) bond motifs is 4. The van der Waals surface area contributed by atoms with Gasteiger partial charge in [0.25, 0.3) is 11.1 Å². The lowest BCUT2D eigenvalue weighted by atomic mass is 10.1. The van der Waals surface area contributed by atoms with Crippen molar-refractivity contribution in [3.05, 3.63) is 73.4 Å². The van der Waals surface area contributed by atoms with Crippen LogP contribution < -0.4 is 16.8 Å². The minimum Gasteiger partial charge on any atom is -0.494 e. The van der Waals surface area contributed by atoms with Crippen LogP contribution in [0.3, 0.4) is 0 Å². The van der Waals surface area contributed by atoms with E-state index in [2.05, 4.69) is 9.97 Å². The van der Waals surface area contributed by atoms with Crippen molar-refractivity contribution in [2.75, 3.05) is 0 Å².